The molecule has 0 radical (unpaired) electrons. The fourth-order valence-electron chi connectivity index (χ4n) is 2.86. The van der Waals surface area contributed by atoms with Crippen molar-refractivity contribution in [3.63, 3.8) is 0 Å². The largest absolute Gasteiger partial charge is 0.489 e. The van der Waals surface area contributed by atoms with Crippen LogP contribution >= 0.6 is 0 Å². The molecule has 1 aromatic heterocycles. The highest BCUT2D eigenvalue weighted by Crippen LogP contribution is 2.27. The second-order valence-electron chi connectivity index (χ2n) is 5.53. The van der Waals surface area contributed by atoms with Crippen LogP contribution in [0.1, 0.15) is 34.9 Å². The summed E-state index contributed by atoms with van der Waals surface area (Å²) in [7, 11) is 0. The molecular weight excluding hydrogens is 292 g/mol. The number of H-pyrrole nitrogens is 1. The van der Waals surface area contributed by atoms with E-state index in [1.165, 1.54) is 6.33 Å². The van der Waals surface area contributed by atoms with Crippen molar-refractivity contribution in [3.8, 4) is 5.75 Å². The Morgan fingerprint density at radius 1 is 1.39 bits per heavy atom. The lowest BCUT2D eigenvalue weighted by molar-refractivity contribution is 0.0707. The lowest BCUT2D eigenvalue weighted by atomic mass is 9.95. The van der Waals surface area contributed by atoms with Gasteiger partial charge in [-0.3, -0.25) is 9.89 Å². The van der Waals surface area contributed by atoms with Gasteiger partial charge in [-0.15, -0.1) is 0 Å². The molecule has 0 aliphatic carbocycles. The van der Waals surface area contributed by atoms with Crippen LogP contribution in [0.25, 0.3) is 0 Å². The molecule has 0 spiro atoms. The molecule has 6 nitrogen and oxygen atoms in total. The lowest BCUT2D eigenvalue weighted by Gasteiger charge is -2.31. The van der Waals surface area contributed by atoms with Crippen molar-refractivity contribution in [1.29, 1.82) is 0 Å². The number of hydrogen-bond acceptors (Lipinski definition) is 4. The number of nitrogens with one attached hydrogen (secondary N) is 1. The van der Waals surface area contributed by atoms with E-state index < -0.39 is 0 Å². The molecule has 1 aromatic carbocycles. The molecule has 1 amide bonds. The predicted octanol–water partition coefficient (Wildman–Crippen LogP) is 2.39. The molecule has 0 atom stereocenters. The van der Waals surface area contributed by atoms with E-state index in [2.05, 4.69) is 21.8 Å². The molecule has 0 unspecified atom stereocenters. The Hall–Kier alpha value is -2.63. The third-order valence-electron chi connectivity index (χ3n) is 4.08. The topological polar surface area (TPSA) is 71.1 Å². The van der Waals surface area contributed by atoms with E-state index in [1.54, 1.807) is 6.08 Å². The van der Waals surface area contributed by atoms with Crippen molar-refractivity contribution >= 4 is 5.91 Å². The fourth-order valence-corrected chi connectivity index (χ4v) is 2.86. The van der Waals surface area contributed by atoms with Crippen LogP contribution < -0.4 is 4.74 Å². The van der Waals surface area contributed by atoms with Crippen molar-refractivity contribution in [2.24, 2.45) is 0 Å². The van der Waals surface area contributed by atoms with Gasteiger partial charge >= 0.3 is 0 Å². The van der Waals surface area contributed by atoms with Gasteiger partial charge in [-0.2, -0.15) is 5.10 Å². The number of ether oxygens (including phenoxy) is 1. The summed E-state index contributed by atoms with van der Waals surface area (Å²) in [5.41, 5.74) is 0.604. The Balaban J connectivity index is 1.66. The SMILES string of the molecule is C=CCOc1ccccc1C(=O)N1CCC(c2ncn[nH]2)CC1. The Labute approximate surface area is 135 Å². The second kappa shape index (κ2) is 7.09. The van der Waals surface area contributed by atoms with Crippen molar-refractivity contribution in [3.05, 3.63) is 54.6 Å². The van der Waals surface area contributed by atoms with Gasteiger partial charge in [0.2, 0.25) is 0 Å². The minimum atomic E-state index is 0.0145. The first kappa shape index (κ1) is 15.3. The molecule has 1 aliphatic heterocycles. The number of hydrogen-bond donors (Lipinski definition) is 1. The monoisotopic (exact) mass is 312 g/mol. The first-order valence-corrected chi connectivity index (χ1v) is 7.77. The van der Waals surface area contributed by atoms with Crippen LogP contribution in [-0.4, -0.2) is 45.7 Å². The van der Waals surface area contributed by atoms with Gasteiger partial charge in [0.1, 0.15) is 24.5 Å². The maximum Gasteiger partial charge on any atom is 0.257 e. The summed E-state index contributed by atoms with van der Waals surface area (Å²) >= 11 is 0. The molecule has 1 N–H and O–H groups in total. The van der Waals surface area contributed by atoms with Crippen LogP contribution in [0.15, 0.2) is 43.2 Å². The van der Waals surface area contributed by atoms with Gasteiger partial charge in [-0.05, 0) is 25.0 Å². The average Bonchev–Trinajstić information content (AvgIpc) is 3.14. The minimum Gasteiger partial charge on any atom is -0.489 e. The van der Waals surface area contributed by atoms with Gasteiger partial charge in [-0.1, -0.05) is 24.8 Å². The zero-order valence-electron chi connectivity index (χ0n) is 12.9. The number of aromatic amines is 1. The van der Waals surface area contributed by atoms with E-state index in [9.17, 15) is 4.79 Å². The highest BCUT2D eigenvalue weighted by molar-refractivity contribution is 5.97. The first-order chi connectivity index (χ1) is 11.3. The molecule has 2 heterocycles. The zero-order chi connectivity index (χ0) is 16.1. The van der Waals surface area contributed by atoms with Crippen molar-refractivity contribution in [2.45, 2.75) is 18.8 Å². The van der Waals surface area contributed by atoms with Gasteiger partial charge in [0.15, 0.2) is 0 Å². The second-order valence-corrected chi connectivity index (χ2v) is 5.53. The van der Waals surface area contributed by atoms with Crippen LogP contribution in [0.2, 0.25) is 0 Å². The molecule has 1 aliphatic rings. The number of likely N-dealkylation sites (tertiary alicyclic amines) is 1. The fraction of sp³-hybridized carbons (Fsp3) is 0.353. The number of carbonyl (C=O) groups is 1. The number of carbonyl (C=O) groups excluding carboxylic acids is 1. The van der Waals surface area contributed by atoms with Crippen LogP contribution in [-0.2, 0) is 0 Å². The van der Waals surface area contributed by atoms with Crippen molar-refractivity contribution < 1.29 is 9.53 Å². The lowest BCUT2D eigenvalue weighted by Crippen LogP contribution is -2.38. The summed E-state index contributed by atoms with van der Waals surface area (Å²) in [5.74, 6) is 1.87. The summed E-state index contributed by atoms with van der Waals surface area (Å²) in [6.45, 7) is 5.44. The molecule has 0 bridgehead atoms. The average molecular weight is 312 g/mol. The molecule has 23 heavy (non-hydrogen) atoms. The molecule has 0 saturated carbocycles. The number of amides is 1. The smallest absolute Gasteiger partial charge is 0.257 e. The number of piperidine rings is 1. The molecule has 3 rings (SSSR count). The van der Waals surface area contributed by atoms with Gasteiger partial charge in [0.05, 0.1) is 5.56 Å². The maximum absolute atomic E-state index is 12.8. The summed E-state index contributed by atoms with van der Waals surface area (Å²) in [6, 6.07) is 7.35. The Kier molecular flexibility index (Phi) is 4.71. The highest BCUT2D eigenvalue weighted by atomic mass is 16.5. The molecule has 2 aromatic rings. The van der Waals surface area contributed by atoms with E-state index in [4.69, 9.17) is 4.74 Å². The third kappa shape index (κ3) is 3.41. The Morgan fingerprint density at radius 3 is 2.87 bits per heavy atom. The Bertz CT molecular complexity index is 661. The third-order valence-corrected chi connectivity index (χ3v) is 4.08. The molecule has 120 valence electrons. The van der Waals surface area contributed by atoms with Crippen LogP contribution in [0.5, 0.6) is 5.75 Å². The quantitative estimate of drug-likeness (QED) is 0.861. The van der Waals surface area contributed by atoms with E-state index in [-0.39, 0.29) is 5.91 Å². The van der Waals surface area contributed by atoms with Crippen LogP contribution in [0, 0.1) is 0 Å². The molecule has 1 fully saturated rings. The van der Waals surface area contributed by atoms with Crippen molar-refractivity contribution in [1.82, 2.24) is 20.1 Å². The van der Waals surface area contributed by atoms with Crippen LogP contribution in [0.3, 0.4) is 0 Å². The van der Waals surface area contributed by atoms with E-state index >= 15 is 0 Å². The molecule has 6 heteroatoms. The number of benzene rings is 1. The number of aromatic nitrogens is 3. The summed E-state index contributed by atoms with van der Waals surface area (Å²) in [6.07, 6.45) is 4.97. The molecular formula is C17H20N4O2. The standard InChI is InChI=1S/C17H20N4O2/c1-2-11-23-15-6-4-3-5-14(15)17(22)21-9-7-13(8-10-21)16-18-12-19-20-16/h2-6,12-13H,1,7-11H2,(H,18,19,20). The minimum absolute atomic E-state index is 0.0145. The van der Waals surface area contributed by atoms with E-state index in [1.807, 2.05) is 29.2 Å². The van der Waals surface area contributed by atoms with Crippen LogP contribution in [0.4, 0.5) is 0 Å². The Morgan fingerprint density at radius 2 is 2.17 bits per heavy atom. The predicted molar refractivity (Wildman–Crippen MR) is 86.4 cm³/mol. The maximum atomic E-state index is 12.8. The van der Waals surface area contributed by atoms with Gasteiger partial charge in [0, 0.05) is 19.0 Å². The van der Waals surface area contributed by atoms with E-state index in [0.717, 1.165) is 18.7 Å². The zero-order valence-corrected chi connectivity index (χ0v) is 12.9. The summed E-state index contributed by atoms with van der Waals surface area (Å²) < 4.78 is 5.59. The first-order valence-electron chi connectivity index (χ1n) is 7.77. The molecule has 1 saturated heterocycles. The number of rotatable bonds is 5. The van der Waals surface area contributed by atoms with Gasteiger partial charge < -0.3 is 9.64 Å². The van der Waals surface area contributed by atoms with Crippen molar-refractivity contribution in [2.75, 3.05) is 19.7 Å². The van der Waals surface area contributed by atoms with E-state index in [0.29, 0.717) is 36.9 Å². The van der Waals surface area contributed by atoms with Gasteiger partial charge in [0.25, 0.3) is 5.91 Å². The van der Waals surface area contributed by atoms with Gasteiger partial charge in [-0.25, -0.2) is 4.98 Å². The highest BCUT2D eigenvalue weighted by Gasteiger charge is 2.27. The summed E-state index contributed by atoms with van der Waals surface area (Å²) in [4.78, 5) is 18.9. The number of nitrogens with zero attached hydrogens (tertiary/aromatic N) is 3. The number of para-hydroxylation sites is 1. The normalized spacial score (nSPS) is 15.4. The summed E-state index contributed by atoms with van der Waals surface area (Å²) in [5, 5.41) is 6.82.